The Kier molecular flexibility index (Phi) is 3.56. The van der Waals surface area contributed by atoms with Crippen molar-refractivity contribution < 1.29 is 0 Å². The summed E-state index contributed by atoms with van der Waals surface area (Å²) in [5.74, 6) is 0. The Morgan fingerprint density at radius 2 is 1.56 bits per heavy atom. The Hall–Kier alpha value is -1.96. The third-order valence-electron chi connectivity index (χ3n) is 3.15. The van der Waals surface area contributed by atoms with E-state index in [1.165, 1.54) is 22.5 Å². The normalized spacial score (nSPS) is 16.0. The SMILES string of the molecule is CC1=C(C)NC(/C=C/c2cccc(C)c2)=C(C)N1. The third kappa shape index (κ3) is 2.83. The van der Waals surface area contributed by atoms with Crippen LogP contribution < -0.4 is 10.6 Å². The molecule has 0 saturated carbocycles. The van der Waals surface area contributed by atoms with Crippen molar-refractivity contribution >= 4 is 6.08 Å². The number of nitrogens with one attached hydrogen (secondary N) is 2. The molecule has 2 rings (SSSR count). The molecule has 1 aromatic carbocycles. The highest BCUT2D eigenvalue weighted by Gasteiger charge is 2.08. The minimum absolute atomic E-state index is 1.12. The molecule has 0 radical (unpaired) electrons. The monoisotopic (exact) mass is 240 g/mol. The lowest BCUT2D eigenvalue weighted by molar-refractivity contribution is 0.804. The Bertz CT molecular complexity index is 548. The number of rotatable bonds is 2. The van der Waals surface area contributed by atoms with Gasteiger partial charge in [-0.25, -0.2) is 0 Å². The van der Waals surface area contributed by atoms with Gasteiger partial charge in [0, 0.05) is 17.1 Å². The molecule has 0 spiro atoms. The van der Waals surface area contributed by atoms with Crippen LogP contribution in [0, 0.1) is 6.92 Å². The van der Waals surface area contributed by atoms with Crippen molar-refractivity contribution in [2.75, 3.05) is 0 Å². The molecule has 2 N–H and O–H groups in total. The fourth-order valence-electron chi connectivity index (χ4n) is 1.95. The molecular formula is C16H20N2. The lowest BCUT2D eigenvalue weighted by Gasteiger charge is -2.22. The molecule has 0 saturated heterocycles. The summed E-state index contributed by atoms with van der Waals surface area (Å²) in [5.41, 5.74) is 7.14. The van der Waals surface area contributed by atoms with Crippen molar-refractivity contribution in [3.8, 4) is 0 Å². The highest BCUT2D eigenvalue weighted by atomic mass is 15.0. The van der Waals surface area contributed by atoms with E-state index in [-0.39, 0.29) is 0 Å². The minimum atomic E-state index is 1.12. The summed E-state index contributed by atoms with van der Waals surface area (Å²) in [4.78, 5) is 0. The topological polar surface area (TPSA) is 24.1 Å². The number of aryl methyl sites for hydroxylation is 1. The van der Waals surface area contributed by atoms with Crippen molar-refractivity contribution in [1.82, 2.24) is 10.6 Å². The van der Waals surface area contributed by atoms with Gasteiger partial charge in [-0.1, -0.05) is 35.9 Å². The lowest BCUT2D eigenvalue weighted by atomic mass is 10.1. The van der Waals surface area contributed by atoms with Crippen molar-refractivity contribution in [3.05, 3.63) is 64.3 Å². The molecule has 0 aromatic heterocycles. The van der Waals surface area contributed by atoms with E-state index in [0.717, 1.165) is 11.4 Å². The second-order valence-electron chi connectivity index (χ2n) is 4.79. The van der Waals surface area contributed by atoms with Gasteiger partial charge in [-0.05, 0) is 39.3 Å². The molecule has 1 heterocycles. The van der Waals surface area contributed by atoms with Gasteiger partial charge in [-0.3, -0.25) is 0 Å². The van der Waals surface area contributed by atoms with Crippen LogP contribution in [0.4, 0.5) is 0 Å². The van der Waals surface area contributed by atoms with Crippen LogP contribution in [0.15, 0.2) is 53.1 Å². The maximum Gasteiger partial charge on any atom is 0.0575 e. The predicted octanol–water partition coefficient (Wildman–Crippen LogP) is 3.68. The van der Waals surface area contributed by atoms with Gasteiger partial charge >= 0.3 is 0 Å². The summed E-state index contributed by atoms with van der Waals surface area (Å²) in [5, 5.41) is 6.78. The van der Waals surface area contributed by atoms with E-state index in [0.29, 0.717) is 0 Å². The zero-order valence-electron chi connectivity index (χ0n) is 11.5. The van der Waals surface area contributed by atoms with Gasteiger partial charge < -0.3 is 10.6 Å². The van der Waals surface area contributed by atoms with Gasteiger partial charge in [0.15, 0.2) is 0 Å². The quantitative estimate of drug-likeness (QED) is 0.824. The second-order valence-corrected chi connectivity index (χ2v) is 4.79. The maximum absolute atomic E-state index is 3.41. The number of allylic oxidation sites excluding steroid dienone is 4. The van der Waals surface area contributed by atoms with Crippen LogP contribution in [0.1, 0.15) is 31.9 Å². The van der Waals surface area contributed by atoms with Gasteiger partial charge in [0.1, 0.15) is 0 Å². The van der Waals surface area contributed by atoms with Crippen LogP contribution in [0.5, 0.6) is 0 Å². The van der Waals surface area contributed by atoms with Crippen LogP contribution in [-0.4, -0.2) is 0 Å². The highest BCUT2D eigenvalue weighted by molar-refractivity contribution is 5.54. The van der Waals surface area contributed by atoms with E-state index in [9.17, 15) is 0 Å². The molecule has 0 amide bonds. The minimum Gasteiger partial charge on any atom is -0.360 e. The maximum atomic E-state index is 3.41. The van der Waals surface area contributed by atoms with Crippen LogP contribution in [0.2, 0.25) is 0 Å². The van der Waals surface area contributed by atoms with Gasteiger partial charge in [-0.2, -0.15) is 0 Å². The van der Waals surface area contributed by atoms with Crippen LogP contribution >= 0.6 is 0 Å². The first-order chi connectivity index (χ1) is 8.56. The highest BCUT2D eigenvalue weighted by Crippen LogP contribution is 2.14. The van der Waals surface area contributed by atoms with Gasteiger partial charge in [0.25, 0.3) is 0 Å². The van der Waals surface area contributed by atoms with Crippen LogP contribution in [0.3, 0.4) is 0 Å². The van der Waals surface area contributed by atoms with E-state index < -0.39 is 0 Å². The van der Waals surface area contributed by atoms with Crippen molar-refractivity contribution in [3.63, 3.8) is 0 Å². The molecular weight excluding hydrogens is 220 g/mol. The Balaban J connectivity index is 2.17. The standard InChI is InChI=1S/C16H20N2/c1-11-6-5-7-15(10-11)8-9-16-14(4)17-12(2)13(3)18-16/h5-10,17-18H,1-4H3/b9-8+. The largest absolute Gasteiger partial charge is 0.360 e. The van der Waals surface area contributed by atoms with Crippen molar-refractivity contribution in [2.24, 2.45) is 0 Å². The molecule has 0 unspecified atom stereocenters. The molecule has 18 heavy (non-hydrogen) atoms. The second kappa shape index (κ2) is 5.13. The third-order valence-corrected chi connectivity index (χ3v) is 3.15. The van der Waals surface area contributed by atoms with Crippen molar-refractivity contribution in [1.29, 1.82) is 0 Å². The van der Waals surface area contributed by atoms with Gasteiger partial charge in [-0.15, -0.1) is 0 Å². The Labute approximate surface area is 109 Å². The zero-order chi connectivity index (χ0) is 13.1. The molecule has 0 fully saturated rings. The van der Waals surface area contributed by atoms with E-state index in [1.807, 2.05) is 0 Å². The van der Waals surface area contributed by atoms with Crippen LogP contribution in [-0.2, 0) is 0 Å². The lowest BCUT2D eigenvalue weighted by Crippen LogP contribution is -2.26. The molecule has 94 valence electrons. The molecule has 1 aromatic rings. The Morgan fingerprint density at radius 3 is 2.28 bits per heavy atom. The number of benzene rings is 1. The summed E-state index contributed by atoms with van der Waals surface area (Å²) >= 11 is 0. The molecule has 1 aliphatic heterocycles. The summed E-state index contributed by atoms with van der Waals surface area (Å²) in [7, 11) is 0. The average Bonchev–Trinajstić information content (AvgIpc) is 2.32. The fourth-order valence-corrected chi connectivity index (χ4v) is 1.95. The molecule has 2 nitrogen and oxygen atoms in total. The zero-order valence-corrected chi connectivity index (χ0v) is 11.5. The van der Waals surface area contributed by atoms with Crippen LogP contribution in [0.25, 0.3) is 6.08 Å². The number of hydrogen-bond acceptors (Lipinski definition) is 2. The summed E-state index contributed by atoms with van der Waals surface area (Å²) in [6.07, 6.45) is 4.25. The van der Waals surface area contributed by atoms with E-state index in [2.05, 4.69) is 74.7 Å². The smallest absolute Gasteiger partial charge is 0.0575 e. The summed E-state index contributed by atoms with van der Waals surface area (Å²) in [6, 6.07) is 8.48. The van der Waals surface area contributed by atoms with Gasteiger partial charge in [0.2, 0.25) is 0 Å². The van der Waals surface area contributed by atoms with E-state index in [1.54, 1.807) is 0 Å². The van der Waals surface area contributed by atoms with Gasteiger partial charge in [0.05, 0.1) is 5.70 Å². The van der Waals surface area contributed by atoms with Crippen molar-refractivity contribution in [2.45, 2.75) is 27.7 Å². The first kappa shape index (κ1) is 12.5. The molecule has 2 heteroatoms. The molecule has 0 bridgehead atoms. The first-order valence-corrected chi connectivity index (χ1v) is 6.23. The summed E-state index contributed by atoms with van der Waals surface area (Å²) in [6.45, 7) is 8.35. The predicted molar refractivity (Wildman–Crippen MR) is 77.6 cm³/mol. The van der Waals surface area contributed by atoms with E-state index in [4.69, 9.17) is 0 Å². The summed E-state index contributed by atoms with van der Waals surface area (Å²) < 4.78 is 0. The van der Waals surface area contributed by atoms with E-state index >= 15 is 0 Å². The molecule has 1 aliphatic rings. The molecule has 0 atom stereocenters. The number of hydrogen-bond donors (Lipinski definition) is 2. The fraction of sp³-hybridized carbons (Fsp3) is 0.250. The first-order valence-electron chi connectivity index (χ1n) is 6.23. The average molecular weight is 240 g/mol. The molecule has 0 aliphatic carbocycles. The Morgan fingerprint density at radius 1 is 0.833 bits per heavy atom.